The van der Waals surface area contributed by atoms with E-state index in [1.165, 1.54) is 70.6 Å². The third kappa shape index (κ3) is 3.74. The number of methoxy groups -OCH3 is 1. The molecule has 0 aliphatic heterocycles. The lowest BCUT2D eigenvalue weighted by Crippen LogP contribution is -2.73. The molecule has 0 heterocycles. The van der Waals surface area contributed by atoms with Gasteiger partial charge in [-0.25, -0.2) is 0 Å². The second-order valence-electron chi connectivity index (χ2n) is 20.0. The number of aliphatic hydroxyl groups excluding tert-OH is 1. The molecule has 45 heavy (non-hydrogen) atoms. The Morgan fingerprint density at radius 3 is 2.20 bits per heavy atom. The average molecular weight is 621 g/mol. The van der Waals surface area contributed by atoms with Crippen LogP contribution in [0.15, 0.2) is 0 Å². The Labute approximate surface area is 274 Å². The van der Waals surface area contributed by atoms with Gasteiger partial charge in [-0.2, -0.15) is 0 Å². The van der Waals surface area contributed by atoms with Crippen LogP contribution in [0, 0.1) is 79.8 Å². The summed E-state index contributed by atoms with van der Waals surface area (Å²) >= 11 is 0. The zero-order chi connectivity index (χ0) is 31.9. The highest BCUT2D eigenvalue weighted by Gasteiger charge is 2.76. The van der Waals surface area contributed by atoms with Crippen molar-refractivity contribution in [1.29, 1.82) is 0 Å². The first kappa shape index (κ1) is 31.5. The van der Waals surface area contributed by atoms with E-state index in [0.717, 1.165) is 18.8 Å². The van der Waals surface area contributed by atoms with Crippen LogP contribution < -0.4 is 0 Å². The van der Waals surface area contributed by atoms with Gasteiger partial charge < -0.3 is 9.84 Å². The van der Waals surface area contributed by atoms with Crippen molar-refractivity contribution >= 4 is 11.6 Å². The van der Waals surface area contributed by atoms with Gasteiger partial charge in [0.15, 0.2) is 0 Å². The van der Waals surface area contributed by atoms with Crippen LogP contribution in [0.1, 0.15) is 144 Å². The Morgan fingerprint density at radius 1 is 0.711 bits per heavy atom. The maximum atomic E-state index is 14.5. The lowest BCUT2D eigenvalue weighted by molar-refractivity contribution is -0.278. The van der Waals surface area contributed by atoms with Gasteiger partial charge in [0.25, 0.3) is 0 Å². The van der Waals surface area contributed by atoms with Gasteiger partial charge in [-0.3, -0.25) is 9.59 Å². The highest BCUT2D eigenvalue weighted by molar-refractivity contribution is 5.87. The van der Waals surface area contributed by atoms with Crippen molar-refractivity contribution in [3.8, 4) is 0 Å². The first-order chi connectivity index (χ1) is 21.2. The lowest BCUT2D eigenvalue weighted by Gasteiger charge is -2.75. The Bertz CT molecular complexity index is 1260. The van der Waals surface area contributed by atoms with E-state index in [1.54, 1.807) is 0 Å². The summed E-state index contributed by atoms with van der Waals surface area (Å²) < 4.78 is 6.14. The van der Waals surface area contributed by atoms with Crippen molar-refractivity contribution in [1.82, 2.24) is 0 Å². The Balaban J connectivity index is 1.28. The molecule has 0 amide bonds. The Morgan fingerprint density at radius 2 is 1.44 bits per heavy atom. The number of hydrogen-bond acceptors (Lipinski definition) is 4. The van der Waals surface area contributed by atoms with Gasteiger partial charge in [0, 0.05) is 37.2 Å². The zero-order valence-electron chi connectivity index (χ0n) is 29.8. The number of hydrogen-bond donors (Lipinski definition) is 1. The molecule has 8 aliphatic rings. The summed E-state index contributed by atoms with van der Waals surface area (Å²) in [6.07, 6.45) is 17.4. The molecule has 8 aliphatic carbocycles. The van der Waals surface area contributed by atoms with E-state index in [2.05, 4.69) is 41.5 Å². The fourth-order valence-electron chi connectivity index (χ4n) is 17.0. The normalized spacial score (nSPS) is 58.5. The fourth-order valence-corrected chi connectivity index (χ4v) is 17.0. The Kier molecular flexibility index (Phi) is 6.95. The fraction of sp³-hybridized carbons (Fsp3) is 0.951. The maximum Gasteiger partial charge on any atom is 0.139 e. The quantitative estimate of drug-likeness (QED) is 0.335. The molecule has 0 radical (unpaired) electrons. The molecule has 8 saturated carbocycles. The monoisotopic (exact) mass is 620 g/mol. The van der Waals surface area contributed by atoms with Crippen molar-refractivity contribution in [3.05, 3.63) is 0 Å². The van der Waals surface area contributed by atoms with Crippen molar-refractivity contribution in [3.63, 3.8) is 0 Å². The van der Waals surface area contributed by atoms with Crippen molar-refractivity contribution in [2.75, 3.05) is 7.11 Å². The van der Waals surface area contributed by atoms with E-state index in [9.17, 15) is 14.7 Å². The van der Waals surface area contributed by atoms with E-state index < -0.39 is 11.5 Å². The number of carbonyl (C=O) groups is 2. The highest BCUT2D eigenvalue weighted by Crippen LogP contribution is 2.79. The number of rotatable bonds is 2. The molecule has 4 heteroatoms. The predicted molar refractivity (Wildman–Crippen MR) is 177 cm³/mol. The van der Waals surface area contributed by atoms with E-state index in [-0.39, 0.29) is 33.4 Å². The zero-order valence-corrected chi connectivity index (χ0v) is 29.8. The van der Waals surface area contributed by atoms with E-state index in [1.807, 2.05) is 7.11 Å². The number of Topliss-reactive ketones (excluding diaryl/α,β-unsaturated/α-hetero) is 2. The van der Waals surface area contributed by atoms with Crippen molar-refractivity contribution in [2.24, 2.45) is 79.8 Å². The molecular formula is C41H64O4. The van der Waals surface area contributed by atoms with Crippen LogP contribution in [0.3, 0.4) is 0 Å². The molecule has 0 saturated heterocycles. The first-order valence-electron chi connectivity index (χ1n) is 19.4. The summed E-state index contributed by atoms with van der Waals surface area (Å²) in [5, 5.41) is 12.4. The van der Waals surface area contributed by atoms with Crippen molar-refractivity contribution in [2.45, 2.75) is 156 Å². The van der Waals surface area contributed by atoms with Gasteiger partial charge >= 0.3 is 0 Å². The minimum atomic E-state index is -0.599. The van der Waals surface area contributed by atoms with Gasteiger partial charge in [0.2, 0.25) is 0 Å². The highest BCUT2D eigenvalue weighted by atomic mass is 16.5. The van der Waals surface area contributed by atoms with Gasteiger partial charge in [-0.1, -0.05) is 48.0 Å². The summed E-state index contributed by atoms with van der Waals surface area (Å²) in [5.41, 5.74) is -0.445. The predicted octanol–water partition coefficient (Wildman–Crippen LogP) is 8.82. The number of fused-ring (bicyclic) bond motifs is 10. The van der Waals surface area contributed by atoms with Crippen LogP contribution in [-0.4, -0.2) is 36.0 Å². The smallest absolute Gasteiger partial charge is 0.139 e. The topological polar surface area (TPSA) is 63.6 Å². The summed E-state index contributed by atoms with van der Waals surface area (Å²) in [5.74, 6) is 5.02. The SMILES string of the molecule is COC1CC[C@H]2[C@@H]3CCC4CC(=O)C(C)(C)C(C56CC[C@@H]7[C@@H](CC[C@]8(C)CCC[C@@H]78)[C@@]5(C)C(O)CC(=O)C6)[C@]4(C)[C@@H]3CC[C@]12C. The van der Waals surface area contributed by atoms with Gasteiger partial charge in [-0.05, 0) is 146 Å². The van der Waals surface area contributed by atoms with Crippen LogP contribution in [-0.2, 0) is 14.3 Å². The van der Waals surface area contributed by atoms with Gasteiger partial charge in [-0.15, -0.1) is 0 Å². The largest absolute Gasteiger partial charge is 0.392 e. The van der Waals surface area contributed by atoms with E-state index >= 15 is 0 Å². The maximum absolute atomic E-state index is 14.5. The minimum absolute atomic E-state index is 0.00517. The third-order valence-electron chi connectivity index (χ3n) is 18.8. The van der Waals surface area contributed by atoms with Crippen LogP contribution in [0.2, 0.25) is 0 Å². The number of ketones is 2. The summed E-state index contributed by atoms with van der Waals surface area (Å²) in [7, 11) is 1.93. The van der Waals surface area contributed by atoms with Gasteiger partial charge in [0.05, 0.1) is 12.2 Å². The second-order valence-corrected chi connectivity index (χ2v) is 20.0. The summed E-state index contributed by atoms with van der Waals surface area (Å²) in [6.45, 7) is 14.8. The third-order valence-corrected chi connectivity index (χ3v) is 18.8. The van der Waals surface area contributed by atoms with Crippen LogP contribution >= 0.6 is 0 Å². The molecule has 8 fully saturated rings. The number of carbonyl (C=O) groups excluding carboxylic acids is 2. The molecule has 1 N–H and O–H groups in total. The molecule has 0 aromatic carbocycles. The molecule has 8 rings (SSSR count). The van der Waals surface area contributed by atoms with Crippen LogP contribution in [0.25, 0.3) is 0 Å². The number of ether oxygens (including phenoxy) is 1. The molecule has 0 aromatic rings. The first-order valence-corrected chi connectivity index (χ1v) is 19.4. The Hall–Kier alpha value is -0.740. The standard InChI is InChI=1S/C41H64O4/c1-36(2)32(43)21-24-10-11-26-29-12-13-34(45-7)38(29,4)19-16-30(26)39(24,5)35(36)41-20-14-27-28-9-8-17-37(28,3)18-15-31(27)40(41,6)33(44)22-25(42)23-41/h24,26-31,33-35,44H,8-23H2,1-7H3/t24?,26-,27-,28-,29-,30+,31+,33?,34?,35?,37-,38-,39-,40-,41?/m0/s1. The van der Waals surface area contributed by atoms with Crippen molar-refractivity contribution < 1.29 is 19.4 Å². The van der Waals surface area contributed by atoms with Gasteiger partial charge in [0.1, 0.15) is 11.6 Å². The molecular weight excluding hydrogens is 556 g/mol. The molecule has 15 atom stereocenters. The molecule has 0 spiro atoms. The van der Waals surface area contributed by atoms with Crippen LogP contribution in [0.4, 0.5) is 0 Å². The second kappa shape index (κ2) is 9.92. The molecule has 0 aromatic heterocycles. The average Bonchev–Trinajstić information content (AvgIpc) is 3.54. The van der Waals surface area contributed by atoms with E-state index in [4.69, 9.17) is 4.74 Å². The molecule has 0 bridgehead atoms. The van der Waals surface area contributed by atoms with Crippen LogP contribution in [0.5, 0.6) is 0 Å². The molecule has 5 unspecified atom stereocenters. The minimum Gasteiger partial charge on any atom is -0.392 e. The van der Waals surface area contributed by atoms with E-state index in [0.29, 0.717) is 72.1 Å². The molecule has 252 valence electrons. The number of aliphatic hydroxyl groups is 1. The summed E-state index contributed by atoms with van der Waals surface area (Å²) in [6, 6.07) is 0. The lowest BCUT2D eigenvalue weighted by atomic mass is 9.29. The molecule has 4 nitrogen and oxygen atoms in total. The summed E-state index contributed by atoms with van der Waals surface area (Å²) in [4.78, 5) is 28.4.